The van der Waals surface area contributed by atoms with E-state index in [0.717, 1.165) is 5.76 Å². The first-order valence-electron chi connectivity index (χ1n) is 2.66. The molecule has 1 heterocycles. The van der Waals surface area contributed by atoms with Crippen molar-refractivity contribution in [2.45, 2.75) is 12.4 Å². The van der Waals surface area contributed by atoms with E-state index in [9.17, 15) is 0 Å². The van der Waals surface area contributed by atoms with Gasteiger partial charge in [0.1, 0.15) is 18.1 Å². The van der Waals surface area contributed by atoms with Crippen molar-refractivity contribution in [3.05, 3.63) is 23.7 Å². The lowest BCUT2D eigenvalue weighted by Gasteiger charge is -1.86. The van der Waals surface area contributed by atoms with E-state index in [0.29, 0.717) is 11.5 Å². The molecule has 1 aromatic rings. The van der Waals surface area contributed by atoms with Crippen LogP contribution in [0.4, 0.5) is 0 Å². The summed E-state index contributed by atoms with van der Waals surface area (Å²) in [5, 5.41) is 8.53. The maximum atomic E-state index is 8.53. The van der Waals surface area contributed by atoms with Crippen LogP contribution in [0.2, 0.25) is 0 Å². The van der Waals surface area contributed by atoms with Gasteiger partial charge in [0.05, 0.1) is 0 Å². The summed E-state index contributed by atoms with van der Waals surface area (Å²) in [5.74, 6) is 1.97. The Labute approximate surface area is 58.9 Å². The Hall–Kier alpha value is -0.410. The molecule has 1 N–H and O–H groups in total. The third-order valence-corrected chi connectivity index (χ3v) is 1.34. The normalized spacial score (nSPS) is 10.0. The third-order valence-electron chi connectivity index (χ3n) is 1.03. The van der Waals surface area contributed by atoms with Gasteiger partial charge in [0, 0.05) is 5.75 Å². The first-order valence-corrected chi connectivity index (χ1v) is 3.29. The van der Waals surface area contributed by atoms with Gasteiger partial charge in [-0.3, -0.25) is 0 Å². The quantitative estimate of drug-likeness (QED) is 0.611. The van der Waals surface area contributed by atoms with Gasteiger partial charge in [-0.05, 0) is 12.1 Å². The topological polar surface area (TPSA) is 33.4 Å². The van der Waals surface area contributed by atoms with Crippen molar-refractivity contribution in [3.63, 3.8) is 0 Å². The van der Waals surface area contributed by atoms with Crippen molar-refractivity contribution in [1.82, 2.24) is 0 Å². The maximum Gasteiger partial charge on any atom is 0.129 e. The standard InChI is InChI=1S/C6H8O2S/c7-3-5-1-2-6(4-9)8-5/h1-2,7,9H,3-4H2. The van der Waals surface area contributed by atoms with Gasteiger partial charge in [-0.2, -0.15) is 12.6 Å². The average molecular weight is 144 g/mol. The summed E-state index contributed by atoms with van der Waals surface area (Å²) in [4.78, 5) is 0. The lowest BCUT2D eigenvalue weighted by Crippen LogP contribution is -1.74. The summed E-state index contributed by atoms with van der Waals surface area (Å²) in [6.45, 7) is -0.0340. The van der Waals surface area contributed by atoms with Gasteiger partial charge >= 0.3 is 0 Å². The molecule has 2 nitrogen and oxygen atoms in total. The first-order chi connectivity index (χ1) is 4.36. The third kappa shape index (κ3) is 1.50. The maximum absolute atomic E-state index is 8.53. The molecule has 1 rings (SSSR count). The first kappa shape index (κ1) is 6.71. The Kier molecular flexibility index (Phi) is 2.19. The molecule has 50 valence electrons. The Morgan fingerprint density at radius 1 is 1.44 bits per heavy atom. The van der Waals surface area contributed by atoms with Crippen molar-refractivity contribution < 1.29 is 9.52 Å². The predicted molar refractivity (Wildman–Crippen MR) is 37.3 cm³/mol. The van der Waals surface area contributed by atoms with Gasteiger partial charge in [0.2, 0.25) is 0 Å². The zero-order chi connectivity index (χ0) is 6.69. The van der Waals surface area contributed by atoms with Crippen LogP contribution < -0.4 is 0 Å². The van der Waals surface area contributed by atoms with Gasteiger partial charge in [0.15, 0.2) is 0 Å². The Morgan fingerprint density at radius 2 is 2.11 bits per heavy atom. The summed E-state index contributed by atoms with van der Waals surface area (Å²) in [5.41, 5.74) is 0. The largest absolute Gasteiger partial charge is 0.463 e. The van der Waals surface area contributed by atoms with Gasteiger partial charge in [-0.1, -0.05) is 0 Å². The van der Waals surface area contributed by atoms with Gasteiger partial charge in [-0.25, -0.2) is 0 Å². The van der Waals surface area contributed by atoms with E-state index in [1.54, 1.807) is 12.1 Å². The fourth-order valence-corrected chi connectivity index (χ4v) is 0.762. The molecular formula is C6H8O2S. The van der Waals surface area contributed by atoms with E-state index in [1.165, 1.54) is 0 Å². The molecule has 0 saturated carbocycles. The van der Waals surface area contributed by atoms with Crippen molar-refractivity contribution in [2.24, 2.45) is 0 Å². The van der Waals surface area contributed by atoms with Crippen molar-refractivity contribution in [3.8, 4) is 0 Å². The van der Waals surface area contributed by atoms with Crippen LogP contribution in [0, 0.1) is 0 Å². The predicted octanol–water partition coefficient (Wildman–Crippen LogP) is 1.20. The molecule has 9 heavy (non-hydrogen) atoms. The van der Waals surface area contributed by atoms with E-state index < -0.39 is 0 Å². The van der Waals surface area contributed by atoms with Crippen LogP contribution in [0.5, 0.6) is 0 Å². The number of aliphatic hydroxyl groups excluding tert-OH is 1. The zero-order valence-electron chi connectivity index (χ0n) is 4.87. The zero-order valence-corrected chi connectivity index (χ0v) is 5.77. The van der Waals surface area contributed by atoms with E-state index >= 15 is 0 Å². The average Bonchev–Trinajstić information content (AvgIpc) is 2.34. The minimum Gasteiger partial charge on any atom is -0.463 e. The van der Waals surface area contributed by atoms with Crippen LogP contribution in [0.15, 0.2) is 16.5 Å². The van der Waals surface area contributed by atoms with Crippen LogP contribution in [0.25, 0.3) is 0 Å². The molecule has 3 heteroatoms. The van der Waals surface area contributed by atoms with Gasteiger partial charge < -0.3 is 9.52 Å². The van der Waals surface area contributed by atoms with Crippen molar-refractivity contribution in [1.29, 1.82) is 0 Å². The lowest BCUT2D eigenvalue weighted by atomic mass is 10.4. The summed E-state index contributed by atoms with van der Waals surface area (Å²) in [6, 6.07) is 3.55. The fraction of sp³-hybridized carbons (Fsp3) is 0.333. The second-order valence-corrected chi connectivity index (χ2v) is 2.00. The van der Waals surface area contributed by atoms with Crippen LogP contribution in [-0.4, -0.2) is 5.11 Å². The number of hydrogen-bond acceptors (Lipinski definition) is 3. The Balaban J connectivity index is 2.74. The highest BCUT2D eigenvalue weighted by Gasteiger charge is 1.96. The number of rotatable bonds is 2. The molecule has 0 aromatic carbocycles. The van der Waals surface area contributed by atoms with Crippen LogP contribution in [0.3, 0.4) is 0 Å². The molecule has 0 aliphatic carbocycles. The number of hydrogen-bond donors (Lipinski definition) is 2. The highest BCUT2D eigenvalue weighted by atomic mass is 32.1. The molecule has 0 amide bonds. The van der Waals surface area contributed by atoms with Crippen molar-refractivity contribution in [2.75, 3.05) is 0 Å². The van der Waals surface area contributed by atoms with Gasteiger partial charge in [-0.15, -0.1) is 0 Å². The minimum absolute atomic E-state index is 0.0340. The van der Waals surface area contributed by atoms with E-state index in [4.69, 9.17) is 9.52 Å². The van der Waals surface area contributed by atoms with E-state index in [-0.39, 0.29) is 6.61 Å². The monoisotopic (exact) mass is 144 g/mol. The molecule has 0 bridgehead atoms. The molecule has 0 unspecified atom stereocenters. The number of aliphatic hydroxyl groups is 1. The lowest BCUT2D eigenvalue weighted by molar-refractivity contribution is 0.244. The molecule has 0 spiro atoms. The molecule has 0 atom stereocenters. The van der Waals surface area contributed by atoms with Crippen LogP contribution in [-0.2, 0) is 12.4 Å². The molecule has 0 aliphatic heterocycles. The highest BCUT2D eigenvalue weighted by molar-refractivity contribution is 7.79. The van der Waals surface area contributed by atoms with Crippen LogP contribution >= 0.6 is 12.6 Å². The molecule has 0 aliphatic rings. The SMILES string of the molecule is OCc1ccc(CS)o1. The summed E-state index contributed by atoms with van der Waals surface area (Å²) in [6.07, 6.45) is 0. The van der Waals surface area contributed by atoms with Crippen molar-refractivity contribution >= 4 is 12.6 Å². The number of thiol groups is 1. The molecular weight excluding hydrogens is 136 g/mol. The molecule has 0 radical (unpaired) electrons. The Bertz CT molecular complexity index is 164. The Morgan fingerprint density at radius 3 is 2.44 bits per heavy atom. The highest BCUT2D eigenvalue weighted by Crippen LogP contribution is 2.08. The summed E-state index contributed by atoms with van der Waals surface area (Å²) < 4.78 is 5.06. The van der Waals surface area contributed by atoms with E-state index in [2.05, 4.69) is 12.6 Å². The van der Waals surface area contributed by atoms with Crippen LogP contribution in [0.1, 0.15) is 11.5 Å². The van der Waals surface area contributed by atoms with E-state index in [1.807, 2.05) is 0 Å². The minimum atomic E-state index is -0.0340. The smallest absolute Gasteiger partial charge is 0.129 e. The summed E-state index contributed by atoms with van der Waals surface area (Å²) >= 11 is 3.99. The van der Waals surface area contributed by atoms with Gasteiger partial charge in [0.25, 0.3) is 0 Å². The summed E-state index contributed by atoms with van der Waals surface area (Å²) in [7, 11) is 0. The second-order valence-electron chi connectivity index (χ2n) is 1.68. The second kappa shape index (κ2) is 2.94. The molecule has 0 saturated heterocycles. The molecule has 1 aromatic heterocycles. The molecule has 0 fully saturated rings. The number of furan rings is 1. The fourth-order valence-electron chi connectivity index (χ4n) is 0.592.